The molecule has 1 aliphatic carbocycles. The molecule has 4 N–H and O–H groups in total. The average Bonchev–Trinajstić information content (AvgIpc) is 3.38. The number of fused-ring (bicyclic) bond motifs is 1. The molecule has 1 aromatic rings. The van der Waals surface area contributed by atoms with Gasteiger partial charge in [-0.3, -0.25) is 0 Å². The first-order chi connectivity index (χ1) is 14.9. The summed E-state index contributed by atoms with van der Waals surface area (Å²) in [6, 6.07) is 8.07. The number of amidine groups is 1. The molecule has 166 valence electrons. The molecule has 11 heteroatoms. The molecule has 1 aromatic carbocycles. The van der Waals surface area contributed by atoms with Gasteiger partial charge in [0.05, 0.1) is 46.7 Å². The van der Waals surface area contributed by atoms with Gasteiger partial charge in [-0.1, -0.05) is 0 Å². The predicted molar refractivity (Wildman–Crippen MR) is 118 cm³/mol. The maximum absolute atomic E-state index is 10.4. The van der Waals surface area contributed by atoms with Gasteiger partial charge >= 0.3 is 0 Å². The number of aliphatic imine (C=N–C) groups is 1. The molecule has 0 bridgehead atoms. The molecule has 1 heterocycles. The van der Waals surface area contributed by atoms with Crippen molar-refractivity contribution in [1.82, 2.24) is 0 Å². The lowest BCUT2D eigenvalue weighted by molar-refractivity contribution is 0.321. The van der Waals surface area contributed by atoms with Crippen molar-refractivity contribution in [3.05, 3.63) is 17.7 Å². The van der Waals surface area contributed by atoms with Gasteiger partial charge in [0.15, 0.2) is 15.7 Å². The number of nitriles is 2. The van der Waals surface area contributed by atoms with Crippen LogP contribution in [0.1, 0.15) is 11.5 Å². The van der Waals surface area contributed by atoms with E-state index < -0.39 is 21.0 Å². The quantitative estimate of drug-likeness (QED) is 0.432. The van der Waals surface area contributed by atoms with E-state index in [4.69, 9.17) is 19.9 Å². The highest BCUT2D eigenvalue weighted by atomic mass is 32.2. The molecule has 0 saturated heterocycles. The highest BCUT2D eigenvalue weighted by Crippen LogP contribution is 2.85. The molecule has 0 amide bonds. The second-order valence-electron chi connectivity index (χ2n) is 6.95. The lowest BCUT2D eigenvalue weighted by atomic mass is 9.97. The van der Waals surface area contributed by atoms with Gasteiger partial charge in [0.25, 0.3) is 0 Å². The van der Waals surface area contributed by atoms with Crippen LogP contribution >= 0.6 is 23.5 Å². The maximum Gasteiger partial charge on any atom is 0.203 e. The molecule has 1 fully saturated rings. The van der Waals surface area contributed by atoms with E-state index in [0.717, 1.165) is 0 Å². The third-order valence-corrected chi connectivity index (χ3v) is 8.82. The van der Waals surface area contributed by atoms with E-state index in [1.165, 1.54) is 44.9 Å². The van der Waals surface area contributed by atoms with Crippen LogP contribution < -0.4 is 19.9 Å². The van der Waals surface area contributed by atoms with E-state index in [1.807, 2.05) is 0 Å². The lowest BCUT2D eigenvalue weighted by Gasteiger charge is -2.31. The number of thioether (sulfide) groups is 2. The minimum absolute atomic E-state index is 0.0752. The summed E-state index contributed by atoms with van der Waals surface area (Å²) in [5.74, 6) is 1.24. The summed E-state index contributed by atoms with van der Waals surface area (Å²) in [6.07, 6.45) is 0. The van der Waals surface area contributed by atoms with E-state index in [1.54, 1.807) is 12.1 Å². The van der Waals surface area contributed by atoms with Gasteiger partial charge in [0, 0.05) is 17.4 Å². The van der Waals surface area contributed by atoms with Crippen LogP contribution in [0.2, 0.25) is 0 Å². The van der Waals surface area contributed by atoms with E-state index in [0.29, 0.717) is 34.3 Å². The zero-order valence-electron chi connectivity index (χ0n) is 17.4. The summed E-state index contributed by atoms with van der Waals surface area (Å²) < 4.78 is 15.1. The van der Waals surface area contributed by atoms with Gasteiger partial charge in [-0.05, 0) is 17.7 Å². The topological polar surface area (TPSA) is 154 Å². The largest absolute Gasteiger partial charge is 0.493 e. The van der Waals surface area contributed by atoms with Crippen LogP contribution in [0.25, 0.3) is 0 Å². The lowest BCUT2D eigenvalue weighted by Crippen LogP contribution is -2.32. The van der Waals surface area contributed by atoms with Crippen molar-refractivity contribution in [3.63, 3.8) is 0 Å². The Bertz CT molecular complexity index is 942. The third-order valence-electron chi connectivity index (χ3n) is 5.73. The van der Waals surface area contributed by atoms with Gasteiger partial charge in [0.2, 0.25) is 5.75 Å². The molecule has 0 unspecified atom stereocenters. The summed E-state index contributed by atoms with van der Waals surface area (Å²) in [7, 11) is 4.47. The number of hydrogen-bond donors (Lipinski definition) is 3. The molecule has 0 radical (unpaired) electrons. The minimum Gasteiger partial charge on any atom is -0.493 e. The SMILES string of the molecule is COc1cc([C@H]2[C@]3(C#N)C(N)=NC(SCCO)(SCCO)[C@]23C#N)cc(OC)c1OC. The van der Waals surface area contributed by atoms with Crippen molar-refractivity contribution < 1.29 is 24.4 Å². The number of hydrogen-bond acceptors (Lipinski definition) is 11. The van der Waals surface area contributed by atoms with Crippen LogP contribution in [0.15, 0.2) is 17.1 Å². The van der Waals surface area contributed by atoms with Crippen molar-refractivity contribution >= 4 is 29.4 Å². The normalized spacial score (nSPS) is 27.5. The van der Waals surface area contributed by atoms with Crippen molar-refractivity contribution in [3.8, 4) is 29.4 Å². The Morgan fingerprint density at radius 2 is 1.58 bits per heavy atom. The van der Waals surface area contributed by atoms with Crippen molar-refractivity contribution in [2.24, 2.45) is 21.6 Å². The van der Waals surface area contributed by atoms with Crippen LogP contribution in [0.4, 0.5) is 0 Å². The smallest absolute Gasteiger partial charge is 0.203 e. The molecule has 3 rings (SSSR count). The Morgan fingerprint density at radius 3 is 1.97 bits per heavy atom. The number of nitrogens with zero attached hydrogens (tertiary/aromatic N) is 3. The summed E-state index contributed by atoms with van der Waals surface area (Å²) in [5, 5.41) is 39.5. The number of benzene rings is 1. The third kappa shape index (κ3) is 2.95. The van der Waals surface area contributed by atoms with Crippen molar-refractivity contribution in [2.75, 3.05) is 46.0 Å². The molecular formula is C20H24N4O5S2. The van der Waals surface area contributed by atoms with Gasteiger partial charge in [-0.15, -0.1) is 23.5 Å². The number of methoxy groups -OCH3 is 3. The van der Waals surface area contributed by atoms with Crippen molar-refractivity contribution in [2.45, 2.75) is 10.1 Å². The van der Waals surface area contributed by atoms with Gasteiger partial charge in [-0.2, -0.15) is 10.5 Å². The molecular weight excluding hydrogens is 440 g/mol. The maximum atomic E-state index is 10.4. The van der Waals surface area contributed by atoms with Crippen LogP contribution in [-0.4, -0.2) is 66.3 Å². The van der Waals surface area contributed by atoms with Gasteiger partial charge in [0.1, 0.15) is 16.7 Å². The Balaban J connectivity index is 2.23. The first-order valence-corrected chi connectivity index (χ1v) is 11.4. The first kappa shape index (κ1) is 23.4. The van der Waals surface area contributed by atoms with Crippen LogP contribution in [0.5, 0.6) is 17.2 Å². The van der Waals surface area contributed by atoms with Gasteiger partial charge in [-0.25, -0.2) is 4.99 Å². The summed E-state index contributed by atoms with van der Waals surface area (Å²) in [4.78, 5) is 4.57. The number of nitrogens with two attached hydrogens (primary N) is 1. The second kappa shape index (κ2) is 8.67. The standard InChI is InChI=1S/C20H24N4O5S2/c1-27-13-8-12(9-14(28-2)15(13)29-3)16-18(10-21)17(23)24-20(30-6-4-25,31-7-5-26)19(16,18)11-22/h8-9,16,25-26H,4-7H2,1-3H3,(H2,23,24)/t16-,18+,19+/m0/s1. The fourth-order valence-corrected chi connectivity index (χ4v) is 7.49. The zero-order valence-corrected chi connectivity index (χ0v) is 19.0. The highest BCUT2D eigenvalue weighted by molar-refractivity contribution is 8.18. The number of aliphatic hydroxyl groups excluding tert-OH is 2. The Morgan fingerprint density at radius 1 is 1.03 bits per heavy atom. The fourth-order valence-electron chi connectivity index (χ4n) is 4.49. The molecule has 2 aliphatic rings. The Hall–Kier alpha value is -2.31. The Kier molecular flexibility index (Phi) is 6.53. The molecule has 0 spiro atoms. The zero-order chi connectivity index (χ0) is 22.9. The van der Waals surface area contributed by atoms with E-state index in [-0.39, 0.29) is 19.0 Å². The Labute approximate surface area is 189 Å². The predicted octanol–water partition coefficient (Wildman–Crippen LogP) is 1.31. The second-order valence-corrected chi connectivity index (χ2v) is 9.79. The van der Waals surface area contributed by atoms with Crippen LogP contribution in [-0.2, 0) is 0 Å². The number of aliphatic hydroxyl groups is 2. The first-order valence-electron chi connectivity index (χ1n) is 9.41. The molecule has 3 atom stereocenters. The fraction of sp³-hybridized carbons (Fsp3) is 0.550. The van der Waals surface area contributed by atoms with Crippen molar-refractivity contribution in [1.29, 1.82) is 10.5 Å². The highest BCUT2D eigenvalue weighted by Gasteiger charge is 2.92. The molecule has 9 nitrogen and oxygen atoms in total. The monoisotopic (exact) mass is 464 g/mol. The summed E-state index contributed by atoms with van der Waals surface area (Å²) in [5.41, 5.74) is 4.29. The van der Waals surface area contributed by atoms with Crippen LogP contribution in [0, 0.1) is 33.5 Å². The van der Waals surface area contributed by atoms with Crippen LogP contribution in [0.3, 0.4) is 0 Å². The minimum atomic E-state index is -1.35. The average molecular weight is 465 g/mol. The molecule has 1 aliphatic heterocycles. The molecule has 1 saturated carbocycles. The summed E-state index contributed by atoms with van der Waals surface area (Å²) >= 11 is 2.52. The summed E-state index contributed by atoms with van der Waals surface area (Å²) in [6.45, 7) is -0.255. The van der Waals surface area contributed by atoms with Gasteiger partial charge < -0.3 is 30.2 Å². The van der Waals surface area contributed by atoms with E-state index in [2.05, 4.69) is 17.1 Å². The molecule has 0 aromatic heterocycles. The van der Waals surface area contributed by atoms with E-state index >= 15 is 0 Å². The number of rotatable bonds is 10. The number of ether oxygens (including phenoxy) is 3. The molecule has 31 heavy (non-hydrogen) atoms. The van der Waals surface area contributed by atoms with E-state index in [9.17, 15) is 20.7 Å².